The summed E-state index contributed by atoms with van der Waals surface area (Å²) in [5.41, 5.74) is 0. The summed E-state index contributed by atoms with van der Waals surface area (Å²) in [7, 11) is 1.49. The molecule has 0 rings (SSSR count). The molecule has 9 nitrogen and oxygen atoms in total. The van der Waals surface area contributed by atoms with Crippen LogP contribution in [-0.2, 0) is 32.7 Å². The van der Waals surface area contributed by atoms with Gasteiger partial charge in [0.25, 0.3) is 0 Å². The first-order valence-corrected chi connectivity index (χ1v) is 38.2. The molecule has 2 atom stereocenters. The van der Waals surface area contributed by atoms with Gasteiger partial charge in [0.15, 0.2) is 6.10 Å². The number of phosphoric ester groups is 1. The van der Waals surface area contributed by atoms with Gasteiger partial charge in [-0.2, -0.15) is 0 Å². The molecular formula is C76H141NO8P+. The highest BCUT2D eigenvalue weighted by Crippen LogP contribution is 2.43. The van der Waals surface area contributed by atoms with E-state index in [0.29, 0.717) is 23.9 Å². The Morgan fingerprint density at radius 3 is 1.00 bits per heavy atom. The first-order chi connectivity index (χ1) is 42.0. The largest absolute Gasteiger partial charge is 0.472 e. The molecule has 0 spiro atoms. The molecule has 0 heterocycles. The maximum atomic E-state index is 12.9. The second kappa shape index (κ2) is 66.9. The van der Waals surface area contributed by atoms with Crippen LogP contribution in [-0.4, -0.2) is 74.9 Å². The van der Waals surface area contributed by atoms with Crippen LogP contribution >= 0.6 is 7.82 Å². The van der Waals surface area contributed by atoms with E-state index in [-0.39, 0.29) is 25.6 Å². The molecular weight excluding hydrogens is 1090 g/mol. The molecule has 10 heteroatoms. The molecule has 0 aromatic carbocycles. The molecule has 0 aliphatic carbocycles. The van der Waals surface area contributed by atoms with Crippen molar-refractivity contribution in [2.75, 3.05) is 47.5 Å². The Bertz CT molecular complexity index is 1680. The number of nitrogens with zero attached hydrogens (tertiary/aromatic N) is 1. The van der Waals surface area contributed by atoms with E-state index in [0.717, 1.165) is 64.2 Å². The summed E-state index contributed by atoms with van der Waals surface area (Å²) in [4.78, 5) is 35.9. The number of likely N-dealkylation sites (N-methyl/N-ethyl adjacent to an activating group) is 1. The van der Waals surface area contributed by atoms with Crippen LogP contribution < -0.4 is 0 Å². The van der Waals surface area contributed by atoms with Crippen molar-refractivity contribution in [1.82, 2.24) is 0 Å². The van der Waals surface area contributed by atoms with Crippen LogP contribution in [0.2, 0.25) is 0 Å². The van der Waals surface area contributed by atoms with Gasteiger partial charge < -0.3 is 18.9 Å². The Morgan fingerprint density at radius 1 is 0.372 bits per heavy atom. The van der Waals surface area contributed by atoms with Crippen molar-refractivity contribution in [2.45, 2.75) is 354 Å². The molecule has 0 saturated heterocycles. The Hall–Kier alpha value is -2.55. The average molecular weight is 1230 g/mol. The van der Waals surface area contributed by atoms with Crippen molar-refractivity contribution >= 4 is 19.8 Å². The third kappa shape index (κ3) is 70.5. The molecule has 502 valence electrons. The number of unbranched alkanes of at least 4 members (excludes halogenated alkanes) is 42. The number of ether oxygens (including phenoxy) is 2. The standard InChI is InChI=1S/C76H140NO8P/c1-6-8-10-12-14-16-18-20-22-24-26-28-30-32-34-36-38-40-42-44-46-48-50-52-54-56-58-60-62-64-66-68-75(78)82-72-74(73-84-86(80,81)83-71-70-77(3,4)5)85-76(79)69-67-65-63-61-59-57-55-53-51-49-47-45-43-41-39-37-35-33-31-29-27-25-23-21-19-17-15-13-11-9-7-2/h9,11,15,17,21,23-24,26-27,29,33,35,74H,6-8,10,12-14,16,18-20,22,25,28,30-32,34,36-73H2,1-5H3/p+1/b11-9-,17-15-,23-21-,26-24-,29-27-,35-33-. The van der Waals surface area contributed by atoms with Gasteiger partial charge in [0.1, 0.15) is 19.8 Å². The van der Waals surface area contributed by atoms with Gasteiger partial charge in [-0.3, -0.25) is 18.6 Å². The zero-order chi connectivity index (χ0) is 62.6. The summed E-state index contributed by atoms with van der Waals surface area (Å²) in [6, 6.07) is 0. The number of allylic oxidation sites excluding steroid dienone is 12. The van der Waals surface area contributed by atoms with Gasteiger partial charge in [-0.25, -0.2) is 4.57 Å². The Kier molecular flexibility index (Phi) is 64.9. The minimum absolute atomic E-state index is 0.0318. The van der Waals surface area contributed by atoms with Gasteiger partial charge in [0.2, 0.25) is 0 Å². The zero-order valence-corrected chi connectivity index (χ0v) is 58.2. The molecule has 0 aromatic rings. The van der Waals surface area contributed by atoms with Gasteiger partial charge in [-0.05, 0) is 83.5 Å². The Balaban J connectivity index is 3.99. The molecule has 0 radical (unpaired) electrons. The first-order valence-electron chi connectivity index (χ1n) is 36.7. The molecule has 1 N–H and O–H groups in total. The number of rotatable bonds is 68. The third-order valence-electron chi connectivity index (χ3n) is 16.2. The van der Waals surface area contributed by atoms with Crippen molar-refractivity contribution in [3.63, 3.8) is 0 Å². The number of carbonyl (C=O) groups excluding carboxylic acids is 2. The van der Waals surface area contributed by atoms with E-state index in [1.54, 1.807) is 0 Å². The lowest BCUT2D eigenvalue weighted by molar-refractivity contribution is -0.870. The number of esters is 2. The smallest absolute Gasteiger partial charge is 0.462 e. The molecule has 0 aliphatic rings. The number of hydrogen-bond acceptors (Lipinski definition) is 7. The molecule has 0 amide bonds. The summed E-state index contributed by atoms with van der Waals surface area (Å²) in [5.74, 6) is -0.782. The van der Waals surface area contributed by atoms with Crippen LogP contribution in [0.25, 0.3) is 0 Å². The van der Waals surface area contributed by atoms with Crippen LogP contribution in [0.3, 0.4) is 0 Å². The van der Waals surface area contributed by atoms with Gasteiger partial charge >= 0.3 is 19.8 Å². The maximum Gasteiger partial charge on any atom is 0.472 e. The van der Waals surface area contributed by atoms with Gasteiger partial charge in [0.05, 0.1) is 27.7 Å². The van der Waals surface area contributed by atoms with Crippen molar-refractivity contribution in [3.8, 4) is 0 Å². The highest BCUT2D eigenvalue weighted by atomic mass is 31.2. The van der Waals surface area contributed by atoms with Crippen molar-refractivity contribution in [2.24, 2.45) is 0 Å². The second-order valence-corrected chi connectivity index (χ2v) is 27.4. The van der Waals surface area contributed by atoms with Crippen LogP contribution in [0.5, 0.6) is 0 Å². The molecule has 0 bridgehead atoms. The molecule has 0 fully saturated rings. The predicted octanol–water partition coefficient (Wildman–Crippen LogP) is 23.9. The van der Waals surface area contributed by atoms with Crippen LogP contribution in [0.4, 0.5) is 0 Å². The SMILES string of the molecule is CC/C=C\C/C=C\C/C=C\C/C=C\C/C=C\CCCCCCCCCCCCCCCCCC(=O)OC(COC(=O)CCCCCCCCCCCCCCCCCCCCC/C=C\CCCCCCCCCC)COP(=O)(O)OCC[N+](C)(C)C. The Morgan fingerprint density at radius 2 is 0.663 bits per heavy atom. The first kappa shape index (κ1) is 83.5. The molecule has 0 aliphatic heterocycles. The van der Waals surface area contributed by atoms with Gasteiger partial charge in [-0.15, -0.1) is 0 Å². The van der Waals surface area contributed by atoms with Crippen LogP contribution in [0.1, 0.15) is 348 Å². The van der Waals surface area contributed by atoms with E-state index in [2.05, 4.69) is 86.8 Å². The normalized spacial score (nSPS) is 13.5. The molecule has 0 aromatic heterocycles. The van der Waals surface area contributed by atoms with Gasteiger partial charge in [0, 0.05) is 12.8 Å². The van der Waals surface area contributed by atoms with Crippen LogP contribution in [0, 0.1) is 0 Å². The molecule has 86 heavy (non-hydrogen) atoms. The zero-order valence-electron chi connectivity index (χ0n) is 57.3. The second-order valence-electron chi connectivity index (χ2n) is 25.9. The summed E-state index contributed by atoms with van der Waals surface area (Å²) < 4.78 is 34.8. The number of carbonyl (C=O) groups is 2. The summed E-state index contributed by atoms with van der Waals surface area (Å²) >= 11 is 0. The van der Waals surface area contributed by atoms with Crippen LogP contribution in [0.15, 0.2) is 72.9 Å². The number of hydrogen-bond donors (Lipinski definition) is 1. The Labute approximate surface area is 533 Å². The minimum Gasteiger partial charge on any atom is -0.462 e. The third-order valence-corrected chi connectivity index (χ3v) is 17.2. The van der Waals surface area contributed by atoms with Crippen molar-refractivity contribution in [3.05, 3.63) is 72.9 Å². The van der Waals surface area contributed by atoms with E-state index >= 15 is 0 Å². The molecule has 2 unspecified atom stereocenters. The average Bonchev–Trinajstić information content (AvgIpc) is 3.56. The monoisotopic (exact) mass is 1230 g/mol. The quantitative estimate of drug-likeness (QED) is 0.0211. The van der Waals surface area contributed by atoms with E-state index in [9.17, 15) is 19.0 Å². The lowest BCUT2D eigenvalue weighted by atomic mass is 10.0. The fraction of sp³-hybridized carbons (Fsp3) is 0.816. The van der Waals surface area contributed by atoms with Crippen molar-refractivity contribution in [1.29, 1.82) is 0 Å². The fourth-order valence-corrected chi connectivity index (χ4v) is 11.4. The number of quaternary nitrogens is 1. The summed E-state index contributed by atoms with van der Waals surface area (Å²) in [6.45, 7) is 4.37. The lowest BCUT2D eigenvalue weighted by Crippen LogP contribution is -2.37. The fourth-order valence-electron chi connectivity index (χ4n) is 10.6. The van der Waals surface area contributed by atoms with E-state index in [1.807, 2.05) is 21.1 Å². The summed E-state index contributed by atoms with van der Waals surface area (Å²) in [5, 5.41) is 0. The highest BCUT2D eigenvalue weighted by Gasteiger charge is 2.27. The highest BCUT2D eigenvalue weighted by molar-refractivity contribution is 7.47. The van der Waals surface area contributed by atoms with E-state index in [1.165, 1.54) is 250 Å². The molecule has 0 saturated carbocycles. The minimum atomic E-state index is -4.39. The lowest BCUT2D eigenvalue weighted by Gasteiger charge is -2.24. The maximum absolute atomic E-state index is 12.9. The van der Waals surface area contributed by atoms with E-state index in [4.69, 9.17) is 18.5 Å². The predicted molar refractivity (Wildman–Crippen MR) is 372 cm³/mol. The summed E-state index contributed by atoms with van der Waals surface area (Å²) in [6.07, 6.45) is 90.2. The topological polar surface area (TPSA) is 108 Å². The van der Waals surface area contributed by atoms with E-state index < -0.39 is 26.5 Å². The number of phosphoric acid groups is 1. The van der Waals surface area contributed by atoms with Crippen molar-refractivity contribution < 1.29 is 42.1 Å². The van der Waals surface area contributed by atoms with Gasteiger partial charge in [-0.1, -0.05) is 324 Å².